The zero-order valence-electron chi connectivity index (χ0n) is 20.3. The van der Waals surface area contributed by atoms with Crippen LogP contribution in [0.1, 0.15) is 44.7 Å². The highest BCUT2D eigenvalue weighted by Crippen LogP contribution is 2.56. The molecule has 3 atom stereocenters. The van der Waals surface area contributed by atoms with Crippen molar-refractivity contribution in [3.8, 4) is 0 Å². The van der Waals surface area contributed by atoms with Crippen LogP contribution in [-0.2, 0) is 34.2 Å². The van der Waals surface area contributed by atoms with Gasteiger partial charge in [-0.3, -0.25) is 19.7 Å². The lowest BCUT2D eigenvalue weighted by Crippen LogP contribution is -2.47. The summed E-state index contributed by atoms with van der Waals surface area (Å²) in [6.07, 6.45) is -0.722. The van der Waals surface area contributed by atoms with E-state index >= 15 is 0 Å². The maximum atomic E-state index is 13.6. The van der Waals surface area contributed by atoms with Gasteiger partial charge in [0.1, 0.15) is 17.4 Å². The Hall–Kier alpha value is -3.88. The molecule has 1 N–H and O–H groups in total. The topological polar surface area (TPSA) is 111 Å². The summed E-state index contributed by atoms with van der Waals surface area (Å²) in [6.45, 7) is 6.88. The average molecular weight is 481 g/mol. The molecule has 1 saturated heterocycles. The number of nitrogens with one attached hydrogen (secondary N) is 1. The van der Waals surface area contributed by atoms with Crippen LogP contribution in [0.3, 0.4) is 0 Å². The van der Waals surface area contributed by atoms with E-state index in [0.717, 1.165) is 0 Å². The third kappa shape index (κ3) is 4.00. The fraction of sp³-hybridized carbons (Fsp3) is 0.385. The molecule has 1 fully saturated rings. The molecular formula is C26H28N2O7. The largest absolute Gasteiger partial charge is 0.466 e. The molecule has 0 saturated carbocycles. The number of amides is 2. The van der Waals surface area contributed by atoms with Crippen LogP contribution in [-0.4, -0.2) is 43.2 Å². The summed E-state index contributed by atoms with van der Waals surface area (Å²) in [5, 5.41) is 2.66. The van der Waals surface area contributed by atoms with Crippen molar-refractivity contribution >= 4 is 35.3 Å². The molecule has 2 heterocycles. The van der Waals surface area contributed by atoms with Crippen molar-refractivity contribution in [1.82, 2.24) is 0 Å². The highest BCUT2D eigenvalue weighted by Gasteiger charge is 2.69. The summed E-state index contributed by atoms with van der Waals surface area (Å²) in [5.41, 5.74) is -1.08. The van der Waals surface area contributed by atoms with Crippen molar-refractivity contribution in [2.24, 2.45) is 5.92 Å². The molecule has 1 spiro atoms. The molecule has 184 valence electrons. The first kappa shape index (κ1) is 24.3. The Morgan fingerprint density at radius 1 is 1.09 bits per heavy atom. The van der Waals surface area contributed by atoms with Crippen LogP contribution in [0.25, 0.3) is 0 Å². The van der Waals surface area contributed by atoms with Crippen molar-refractivity contribution in [1.29, 1.82) is 0 Å². The molecule has 4 rings (SSSR count). The number of benzene rings is 2. The van der Waals surface area contributed by atoms with E-state index in [9.17, 15) is 19.2 Å². The zero-order chi connectivity index (χ0) is 25.5. The molecular weight excluding hydrogens is 452 g/mol. The Labute approximate surface area is 203 Å². The van der Waals surface area contributed by atoms with E-state index in [1.165, 1.54) is 4.90 Å². The summed E-state index contributed by atoms with van der Waals surface area (Å²) < 4.78 is 16.5. The number of anilines is 2. The SMILES string of the molecule is CCOC(=O)[C@@H]1[C@@H](c2ccccc2NC(=O)OC(C)(C)C)C(=O)O[C@]12C(=O)N(C)c1ccccc12. The van der Waals surface area contributed by atoms with Gasteiger partial charge in [0, 0.05) is 18.3 Å². The van der Waals surface area contributed by atoms with E-state index in [1.54, 1.807) is 83.3 Å². The van der Waals surface area contributed by atoms with Gasteiger partial charge in [-0.15, -0.1) is 0 Å². The Morgan fingerprint density at radius 3 is 2.43 bits per heavy atom. The van der Waals surface area contributed by atoms with E-state index in [2.05, 4.69) is 5.32 Å². The van der Waals surface area contributed by atoms with Crippen LogP contribution in [0.15, 0.2) is 48.5 Å². The van der Waals surface area contributed by atoms with Gasteiger partial charge in [-0.2, -0.15) is 0 Å². The number of nitrogens with zero attached hydrogens (tertiary/aromatic N) is 1. The van der Waals surface area contributed by atoms with Gasteiger partial charge in [0.2, 0.25) is 5.60 Å². The average Bonchev–Trinajstić information content (AvgIpc) is 3.20. The minimum Gasteiger partial charge on any atom is -0.466 e. The van der Waals surface area contributed by atoms with Crippen molar-refractivity contribution in [2.75, 3.05) is 23.9 Å². The first-order valence-electron chi connectivity index (χ1n) is 11.4. The maximum absolute atomic E-state index is 13.6. The van der Waals surface area contributed by atoms with Crippen LogP contribution < -0.4 is 10.2 Å². The number of para-hydroxylation sites is 2. The van der Waals surface area contributed by atoms with Gasteiger partial charge in [-0.05, 0) is 45.4 Å². The second-order valence-corrected chi connectivity index (χ2v) is 9.46. The molecule has 9 heteroatoms. The van der Waals surface area contributed by atoms with Crippen LogP contribution in [0, 0.1) is 5.92 Å². The lowest BCUT2D eigenvalue weighted by Gasteiger charge is -2.28. The molecule has 2 amide bonds. The molecule has 0 aromatic heterocycles. The van der Waals surface area contributed by atoms with Crippen LogP contribution in [0.5, 0.6) is 0 Å². The minimum absolute atomic E-state index is 0.0514. The lowest BCUT2D eigenvalue weighted by atomic mass is 9.74. The molecule has 35 heavy (non-hydrogen) atoms. The Morgan fingerprint density at radius 2 is 1.74 bits per heavy atom. The molecule has 0 bridgehead atoms. The standard InChI is InChI=1S/C26H28N2O7/c1-6-33-22(30)20-19(15-11-7-9-13-17(15)27-24(32)35-25(2,3)4)21(29)34-26(20)16-12-8-10-14-18(16)28(5)23(26)31/h7-14,19-20H,6H2,1-5H3,(H,27,32)/t19-,20+,26+/m1/s1. The fourth-order valence-electron chi connectivity index (χ4n) is 4.75. The first-order chi connectivity index (χ1) is 16.5. The first-order valence-corrected chi connectivity index (χ1v) is 11.4. The van der Waals surface area contributed by atoms with Crippen LogP contribution in [0.2, 0.25) is 0 Å². The Balaban J connectivity index is 1.84. The molecule has 9 nitrogen and oxygen atoms in total. The van der Waals surface area contributed by atoms with E-state index in [-0.39, 0.29) is 12.3 Å². The molecule has 0 unspecified atom stereocenters. The summed E-state index contributed by atoms with van der Waals surface area (Å²) in [4.78, 5) is 54.3. The summed E-state index contributed by atoms with van der Waals surface area (Å²) in [7, 11) is 1.57. The van der Waals surface area contributed by atoms with E-state index in [1.807, 2.05) is 0 Å². The van der Waals surface area contributed by atoms with Gasteiger partial charge in [0.05, 0.1) is 12.3 Å². The molecule has 2 aromatic carbocycles. The second kappa shape index (κ2) is 8.72. The number of hydrogen-bond donors (Lipinski definition) is 1. The number of carbonyl (C=O) groups is 4. The summed E-state index contributed by atoms with van der Waals surface area (Å²) >= 11 is 0. The quantitative estimate of drug-likeness (QED) is 0.524. The number of rotatable bonds is 4. The zero-order valence-corrected chi connectivity index (χ0v) is 20.3. The highest BCUT2D eigenvalue weighted by atomic mass is 16.6. The smallest absolute Gasteiger partial charge is 0.412 e. The molecule has 2 aliphatic heterocycles. The minimum atomic E-state index is -1.88. The number of hydrogen-bond acceptors (Lipinski definition) is 7. The molecule has 0 radical (unpaired) electrons. The summed E-state index contributed by atoms with van der Waals surface area (Å²) in [6, 6.07) is 13.4. The summed E-state index contributed by atoms with van der Waals surface area (Å²) in [5.74, 6) is -4.56. The monoisotopic (exact) mass is 480 g/mol. The van der Waals surface area contributed by atoms with Gasteiger partial charge in [0.15, 0.2) is 0 Å². The third-order valence-electron chi connectivity index (χ3n) is 6.05. The molecule has 2 aromatic rings. The lowest BCUT2D eigenvalue weighted by molar-refractivity contribution is -0.166. The highest BCUT2D eigenvalue weighted by molar-refractivity contribution is 6.12. The van der Waals surface area contributed by atoms with Crippen molar-refractivity contribution < 1.29 is 33.4 Å². The van der Waals surface area contributed by atoms with E-state index in [0.29, 0.717) is 16.8 Å². The van der Waals surface area contributed by atoms with E-state index < -0.39 is 47.0 Å². The van der Waals surface area contributed by atoms with Crippen molar-refractivity contribution in [3.63, 3.8) is 0 Å². The van der Waals surface area contributed by atoms with Gasteiger partial charge < -0.3 is 19.1 Å². The van der Waals surface area contributed by atoms with Gasteiger partial charge >= 0.3 is 18.0 Å². The Kier molecular flexibility index (Phi) is 6.04. The third-order valence-corrected chi connectivity index (χ3v) is 6.05. The predicted molar refractivity (Wildman–Crippen MR) is 127 cm³/mol. The number of carbonyl (C=O) groups excluding carboxylic acids is 4. The second-order valence-electron chi connectivity index (χ2n) is 9.46. The Bertz CT molecular complexity index is 1200. The van der Waals surface area contributed by atoms with Gasteiger partial charge in [-0.1, -0.05) is 36.4 Å². The number of ether oxygens (including phenoxy) is 3. The molecule has 0 aliphatic carbocycles. The maximum Gasteiger partial charge on any atom is 0.412 e. The van der Waals surface area contributed by atoms with Crippen molar-refractivity contribution in [3.05, 3.63) is 59.7 Å². The fourth-order valence-corrected chi connectivity index (χ4v) is 4.75. The normalized spacial score (nSPS) is 23.2. The van der Waals surface area contributed by atoms with Crippen molar-refractivity contribution in [2.45, 2.75) is 44.8 Å². The number of esters is 2. The number of fused-ring (bicyclic) bond motifs is 2. The van der Waals surface area contributed by atoms with Gasteiger partial charge in [-0.25, -0.2) is 4.79 Å². The van der Waals surface area contributed by atoms with Crippen LogP contribution in [0.4, 0.5) is 16.2 Å². The molecule has 2 aliphatic rings. The number of likely N-dealkylation sites (N-methyl/N-ethyl adjacent to an activating group) is 1. The predicted octanol–water partition coefficient (Wildman–Crippen LogP) is 3.73. The van der Waals surface area contributed by atoms with Crippen LogP contribution >= 0.6 is 0 Å². The van der Waals surface area contributed by atoms with Gasteiger partial charge in [0.25, 0.3) is 5.91 Å². The van der Waals surface area contributed by atoms with E-state index in [4.69, 9.17) is 14.2 Å².